The standard InChI is InChI=1S/C31H25F3N2O3S/c1-36(2)40(37,38)26-16-14-24(15-17-26)39-25-11-6-10-22(19-25)29-23(18-21-8-4-3-5-9-21)20-35-30-27(29)12-7-13-28(30)31(32,33)34/h3-17,19-20H,18H2,1-2H3. The van der Waals surface area contributed by atoms with Crippen LogP contribution in [0.1, 0.15) is 16.7 Å². The third-order valence-electron chi connectivity index (χ3n) is 6.48. The molecule has 0 atom stereocenters. The van der Waals surface area contributed by atoms with Gasteiger partial charge in [-0.3, -0.25) is 4.98 Å². The molecule has 0 N–H and O–H groups in total. The van der Waals surface area contributed by atoms with Gasteiger partial charge in [-0.05, 0) is 71.1 Å². The zero-order valence-electron chi connectivity index (χ0n) is 21.7. The molecule has 0 radical (unpaired) electrons. The van der Waals surface area contributed by atoms with Crippen LogP contribution in [-0.4, -0.2) is 31.8 Å². The normalized spacial score (nSPS) is 12.2. The largest absolute Gasteiger partial charge is 0.457 e. The quantitative estimate of drug-likeness (QED) is 0.206. The van der Waals surface area contributed by atoms with Crippen molar-refractivity contribution in [3.05, 3.63) is 120 Å². The number of alkyl halides is 3. The van der Waals surface area contributed by atoms with Gasteiger partial charge >= 0.3 is 6.18 Å². The van der Waals surface area contributed by atoms with E-state index in [4.69, 9.17) is 4.74 Å². The van der Waals surface area contributed by atoms with Gasteiger partial charge in [-0.2, -0.15) is 13.2 Å². The van der Waals surface area contributed by atoms with Gasteiger partial charge in [0.1, 0.15) is 11.5 Å². The summed E-state index contributed by atoms with van der Waals surface area (Å²) in [4.78, 5) is 4.39. The lowest BCUT2D eigenvalue weighted by Crippen LogP contribution is -2.22. The van der Waals surface area contributed by atoms with Crippen molar-refractivity contribution in [2.45, 2.75) is 17.5 Å². The van der Waals surface area contributed by atoms with Crippen LogP contribution >= 0.6 is 0 Å². The van der Waals surface area contributed by atoms with Crippen molar-refractivity contribution >= 4 is 20.9 Å². The Morgan fingerprint density at radius 3 is 2.20 bits per heavy atom. The average Bonchev–Trinajstić information content (AvgIpc) is 2.93. The van der Waals surface area contributed by atoms with Crippen molar-refractivity contribution in [2.75, 3.05) is 14.1 Å². The van der Waals surface area contributed by atoms with Gasteiger partial charge < -0.3 is 4.74 Å². The van der Waals surface area contributed by atoms with Gasteiger partial charge in [-0.25, -0.2) is 12.7 Å². The molecule has 1 aromatic heterocycles. The minimum absolute atomic E-state index is 0.120. The molecule has 1 heterocycles. The summed E-state index contributed by atoms with van der Waals surface area (Å²) in [6.45, 7) is 0. The number of sulfonamides is 1. The van der Waals surface area contributed by atoms with Crippen LogP contribution in [-0.2, 0) is 22.6 Å². The second kappa shape index (κ2) is 10.7. The third-order valence-corrected chi connectivity index (χ3v) is 8.31. The molecule has 0 aliphatic rings. The first-order valence-electron chi connectivity index (χ1n) is 12.4. The first-order chi connectivity index (χ1) is 19.0. The van der Waals surface area contributed by atoms with Gasteiger partial charge in [0.05, 0.1) is 16.0 Å². The van der Waals surface area contributed by atoms with Crippen LogP contribution in [0.3, 0.4) is 0 Å². The summed E-state index contributed by atoms with van der Waals surface area (Å²) in [5.41, 5.74) is 2.16. The fraction of sp³-hybridized carbons (Fsp3) is 0.129. The van der Waals surface area contributed by atoms with E-state index in [-0.39, 0.29) is 10.4 Å². The molecule has 0 fully saturated rings. The molecule has 5 nitrogen and oxygen atoms in total. The Labute approximate surface area is 230 Å². The Hall–Kier alpha value is -4.21. The molecule has 5 rings (SSSR count). The molecule has 0 aliphatic heterocycles. The highest BCUT2D eigenvalue weighted by molar-refractivity contribution is 7.89. The zero-order valence-corrected chi connectivity index (χ0v) is 22.5. The lowest BCUT2D eigenvalue weighted by atomic mass is 9.92. The number of hydrogen-bond acceptors (Lipinski definition) is 4. The number of para-hydroxylation sites is 1. The molecule has 204 valence electrons. The van der Waals surface area contributed by atoms with Gasteiger partial charge in [-0.1, -0.05) is 54.6 Å². The van der Waals surface area contributed by atoms with Gasteiger partial charge in [-0.15, -0.1) is 0 Å². The molecule has 0 saturated carbocycles. The fourth-order valence-corrected chi connectivity index (χ4v) is 5.43. The molecule has 9 heteroatoms. The van der Waals surface area contributed by atoms with Crippen molar-refractivity contribution in [3.63, 3.8) is 0 Å². The number of benzene rings is 4. The number of halogens is 3. The molecular formula is C31H25F3N2O3S. The number of rotatable bonds is 7. The molecular weight excluding hydrogens is 537 g/mol. The average molecular weight is 563 g/mol. The van der Waals surface area contributed by atoms with Crippen LogP contribution in [0.25, 0.3) is 22.0 Å². The summed E-state index contributed by atoms with van der Waals surface area (Å²) in [5, 5.41) is 0.388. The highest BCUT2D eigenvalue weighted by Gasteiger charge is 2.33. The van der Waals surface area contributed by atoms with Crippen molar-refractivity contribution in [3.8, 4) is 22.6 Å². The number of ether oxygens (including phenoxy) is 1. The van der Waals surface area contributed by atoms with E-state index in [2.05, 4.69) is 4.98 Å². The van der Waals surface area contributed by atoms with Crippen LogP contribution in [0.4, 0.5) is 13.2 Å². The van der Waals surface area contributed by atoms with Gasteiger partial charge in [0.15, 0.2) is 0 Å². The van der Waals surface area contributed by atoms with Crippen LogP contribution in [0.5, 0.6) is 11.5 Å². The smallest absolute Gasteiger partial charge is 0.418 e. The number of hydrogen-bond donors (Lipinski definition) is 0. The summed E-state index contributed by atoms with van der Waals surface area (Å²) in [6.07, 6.45) is -2.57. The van der Waals surface area contributed by atoms with E-state index in [1.165, 1.54) is 38.5 Å². The fourth-order valence-electron chi connectivity index (χ4n) is 4.53. The van der Waals surface area contributed by atoms with Gasteiger partial charge in [0.25, 0.3) is 0 Å². The SMILES string of the molecule is CN(C)S(=O)(=O)c1ccc(Oc2cccc(-c3c(Cc4ccccc4)cnc4c(C(F)(F)F)cccc34)c2)cc1. The van der Waals surface area contributed by atoms with E-state index in [0.29, 0.717) is 34.4 Å². The molecule has 40 heavy (non-hydrogen) atoms. The lowest BCUT2D eigenvalue weighted by molar-refractivity contribution is -0.136. The van der Waals surface area contributed by atoms with Gasteiger partial charge in [0, 0.05) is 25.7 Å². The topological polar surface area (TPSA) is 59.5 Å². The first-order valence-corrected chi connectivity index (χ1v) is 13.8. The van der Waals surface area contributed by atoms with E-state index >= 15 is 0 Å². The maximum Gasteiger partial charge on any atom is 0.418 e. The Morgan fingerprint density at radius 2 is 1.52 bits per heavy atom. The van der Waals surface area contributed by atoms with E-state index < -0.39 is 21.8 Å². The Bertz CT molecular complexity index is 1770. The molecule has 0 saturated heterocycles. The summed E-state index contributed by atoms with van der Waals surface area (Å²) >= 11 is 0. The Morgan fingerprint density at radius 1 is 0.825 bits per heavy atom. The van der Waals surface area contributed by atoms with Gasteiger partial charge in [0.2, 0.25) is 10.0 Å². The molecule has 0 unspecified atom stereocenters. The molecule has 0 spiro atoms. The molecule has 5 aromatic rings. The summed E-state index contributed by atoms with van der Waals surface area (Å²) in [7, 11) is -0.671. The van der Waals surface area contributed by atoms with Crippen molar-refractivity contribution in [1.29, 1.82) is 0 Å². The lowest BCUT2D eigenvalue weighted by Gasteiger charge is -2.17. The Kier molecular flexibility index (Phi) is 7.35. The third kappa shape index (κ3) is 5.57. The highest BCUT2D eigenvalue weighted by atomic mass is 32.2. The van der Waals surface area contributed by atoms with Crippen LogP contribution in [0, 0.1) is 0 Å². The molecule has 0 amide bonds. The number of nitrogens with zero attached hydrogens (tertiary/aromatic N) is 2. The van der Waals surface area contributed by atoms with E-state index in [0.717, 1.165) is 21.5 Å². The summed E-state index contributed by atoms with van der Waals surface area (Å²) in [6, 6.07) is 26.8. The predicted molar refractivity (Wildman–Crippen MR) is 149 cm³/mol. The minimum Gasteiger partial charge on any atom is -0.457 e. The number of pyridine rings is 1. The Balaban J connectivity index is 1.58. The predicted octanol–water partition coefficient (Wildman–Crippen LogP) is 7.55. The maximum atomic E-state index is 13.9. The first kappa shape index (κ1) is 27.4. The zero-order chi connectivity index (χ0) is 28.5. The second-order valence-electron chi connectivity index (χ2n) is 9.41. The minimum atomic E-state index is -4.55. The van der Waals surface area contributed by atoms with Crippen LogP contribution in [0.15, 0.2) is 108 Å². The number of fused-ring (bicyclic) bond motifs is 1. The molecule has 0 aliphatic carbocycles. The second-order valence-corrected chi connectivity index (χ2v) is 11.6. The maximum absolute atomic E-state index is 13.9. The van der Waals surface area contributed by atoms with E-state index in [1.54, 1.807) is 36.4 Å². The summed E-state index contributed by atoms with van der Waals surface area (Å²) in [5.74, 6) is 0.863. The van der Waals surface area contributed by atoms with E-state index in [1.807, 2.05) is 36.4 Å². The van der Waals surface area contributed by atoms with Crippen LogP contribution in [0.2, 0.25) is 0 Å². The molecule has 4 aromatic carbocycles. The van der Waals surface area contributed by atoms with Crippen molar-refractivity contribution < 1.29 is 26.3 Å². The van der Waals surface area contributed by atoms with Crippen LogP contribution < -0.4 is 4.74 Å². The molecule has 0 bridgehead atoms. The van der Waals surface area contributed by atoms with Crippen molar-refractivity contribution in [1.82, 2.24) is 9.29 Å². The summed E-state index contributed by atoms with van der Waals surface area (Å²) < 4.78 is 73.4. The highest BCUT2D eigenvalue weighted by Crippen LogP contribution is 2.40. The van der Waals surface area contributed by atoms with Crippen molar-refractivity contribution in [2.24, 2.45) is 0 Å². The monoisotopic (exact) mass is 562 g/mol. The van der Waals surface area contributed by atoms with E-state index in [9.17, 15) is 21.6 Å². The number of aromatic nitrogens is 1.